The maximum absolute atomic E-state index is 11.8. The predicted octanol–water partition coefficient (Wildman–Crippen LogP) is 2.05. The van der Waals surface area contributed by atoms with Crippen molar-refractivity contribution < 1.29 is 18.4 Å². The van der Waals surface area contributed by atoms with Gasteiger partial charge in [-0.15, -0.1) is 0 Å². The van der Waals surface area contributed by atoms with Crippen LogP contribution in [0.15, 0.2) is 65.8 Å². The van der Waals surface area contributed by atoms with E-state index in [2.05, 4.69) is 0 Å². The van der Waals surface area contributed by atoms with E-state index in [0.29, 0.717) is 11.3 Å². The van der Waals surface area contributed by atoms with Crippen LogP contribution in [0.25, 0.3) is 0 Å². The molecule has 1 aliphatic heterocycles. The number of nitrogens with two attached hydrogens (primary N) is 1. The molecule has 1 unspecified atom stereocenters. The molecule has 0 fully saturated rings. The van der Waals surface area contributed by atoms with Crippen molar-refractivity contribution in [2.45, 2.75) is 10.9 Å². The molecule has 0 radical (unpaired) electrons. The fourth-order valence-electron chi connectivity index (χ4n) is 2.39. The van der Waals surface area contributed by atoms with Gasteiger partial charge in [0, 0.05) is 5.56 Å². The summed E-state index contributed by atoms with van der Waals surface area (Å²) in [4.78, 5) is 5.44. The number of sulfonamides is 1. The molecule has 3 N–H and O–H groups in total. The highest BCUT2D eigenvalue weighted by Gasteiger charge is 2.30. The number of rotatable bonds is 3. The molecule has 2 aromatic rings. The monoisotopic (exact) mass is 318 g/mol. The summed E-state index contributed by atoms with van der Waals surface area (Å²) in [7, 11) is -3.87. The van der Waals surface area contributed by atoms with E-state index in [4.69, 9.17) is 9.98 Å². The molecule has 1 heterocycles. The fraction of sp³-hybridized carbons (Fsp3) is 0.0667. The van der Waals surface area contributed by atoms with E-state index >= 15 is 0 Å². The second kappa shape index (κ2) is 5.36. The lowest BCUT2D eigenvalue weighted by Gasteiger charge is -2.26. The Kier molecular flexibility index (Phi) is 3.51. The minimum Gasteiger partial charge on any atom is -0.506 e. The fourth-order valence-corrected chi connectivity index (χ4v) is 3.18. The van der Waals surface area contributed by atoms with Crippen LogP contribution in [0.5, 0.6) is 5.75 Å². The molecule has 1 aliphatic rings. The summed E-state index contributed by atoms with van der Waals surface area (Å²) in [5, 5.41) is 16.7. The zero-order valence-corrected chi connectivity index (χ0v) is 12.3. The highest BCUT2D eigenvalue weighted by Crippen LogP contribution is 2.39. The number of hydrogen-bond donors (Lipinski definition) is 2. The number of primary sulfonamides is 1. The minimum absolute atomic E-state index is 0.0237. The summed E-state index contributed by atoms with van der Waals surface area (Å²) in [6.45, 7) is 0. The summed E-state index contributed by atoms with van der Waals surface area (Å²) in [5.41, 5.74) is 0.906. The number of benzene rings is 2. The van der Waals surface area contributed by atoms with Gasteiger partial charge < -0.3 is 9.94 Å². The van der Waals surface area contributed by atoms with Crippen molar-refractivity contribution >= 4 is 15.7 Å². The third kappa shape index (κ3) is 2.51. The summed E-state index contributed by atoms with van der Waals surface area (Å²) in [5.74, 6) is 0.0317. The minimum atomic E-state index is -3.87. The maximum atomic E-state index is 11.8. The molecule has 22 heavy (non-hydrogen) atoms. The van der Waals surface area contributed by atoms with Crippen LogP contribution in [0.3, 0.4) is 0 Å². The molecule has 0 saturated carbocycles. The van der Waals surface area contributed by atoms with Crippen LogP contribution in [0.1, 0.15) is 11.6 Å². The van der Waals surface area contributed by atoms with Gasteiger partial charge in [0.05, 0.1) is 4.90 Å². The lowest BCUT2D eigenvalue weighted by molar-refractivity contribution is 0.221. The topological polar surface area (TPSA) is 92.9 Å². The van der Waals surface area contributed by atoms with E-state index < -0.39 is 16.1 Å². The molecule has 0 aliphatic carbocycles. The maximum Gasteiger partial charge on any atom is 0.238 e. The van der Waals surface area contributed by atoms with Gasteiger partial charge in [-0.3, -0.25) is 0 Å². The number of phenols is 1. The Labute approximate surface area is 128 Å². The summed E-state index contributed by atoms with van der Waals surface area (Å²) in [6.07, 6.45) is 3.13. The Bertz CT molecular complexity index is 833. The molecule has 0 saturated heterocycles. The first-order chi connectivity index (χ1) is 10.5. The number of anilines is 1. The summed E-state index contributed by atoms with van der Waals surface area (Å²) in [6, 6.07) is 12.6. The standard InChI is InChI=1S/C15H14N2O4S/c16-22(19,20)15-8-4-1-5-11(15)12-9-10-21-17(12)13-6-2-3-7-14(13)18/h1-10,12,18H,(H2,16,19,20). The van der Waals surface area contributed by atoms with Crippen LogP contribution in [0, 0.1) is 0 Å². The average molecular weight is 318 g/mol. The van der Waals surface area contributed by atoms with Crippen LogP contribution >= 0.6 is 0 Å². The number of nitrogens with zero attached hydrogens (tertiary/aromatic N) is 1. The number of phenolic OH excluding ortho intramolecular Hbond substituents is 1. The molecular formula is C15H14N2O4S. The molecule has 2 aromatic carbocycles. The summed E-state index contributed by atoms with van der Waals surface area (Å²) >= 11 is 0. The lowest BCUT2D eigenvalue weighted by Crippen LogP contribution is -2.24. The Balaban J connectivity index is 2.09. The lowest BCUT2D eigenvalue weighted by atomic mass is 10.1. The Hall–Kier alpha value is -2.51. The van der Waals surface area contributed by atoms with Crippen molar-refractivity contribution in [3.63, 3.8) is 0 Å². The third-order valence-electron chi connectivity index (χ3n) is 3.35. The highest BCUT2D eigenvalue weighted by atomic mass is 32.2. The van der Waals surface area contributed by atoms with E-state index in [9.17, 15) is 13.5 Å². The first-order valence-electron chi connectivity index (χ1n) is 6.51. The van der Waals surface area contributed by atoms with E-state index in [1.807, 2.05) is 0 Å². The third-order valence-corrected chi connectivity index (χ3v) is 4.34. The predicted molar refractivity (Wildman–Crippen MR) is 81.4 cm³/mol. The van der Waals surface area contributed by atoms with Crippen LogP contribution in [-0.4, -0.2) is 13.5 Å². The molecule has 114 valence electrons. The molecular weight excluding hydrogens is 304 g/mol. The van der Waals surface area contributed by atoms with E-state index in [0.717, 1.165) is 0 Å². The number of hydroxylamine groups is 1. The van der Waals surface area contributed by atoms with Gasteiger partial charge in [0.15, 0.2) is 0 Å². The van der Waals surface area contributed by atoms with Crippen LogP contribution in [-0.2, 0) is 14.9 Å². The molecule has 6 nitrogen and oxygen atoms in total. The van der Waals surface area contributed by atoms with Crippen molar-refractivity contribution in [2.75, 3.05) is 5.06 Å². The van der Waals surface area contributed by atoms with Gasteiger partial charge >= 0.3 is 0 Å². The van der Waals surface area contributed by atoms with Crippen molar-refractivity contribution in [3.8, 4) is 5.75 Å². The van der Waals surface area contributed by atoms with E-state index in [-0.39, 0.29) is 10.6 Å². The number of para-hydroxylation sites is 2. The van der Waals surface area contributed by atoms with Gasteiger partial charge in [-0.25, -0.2) is 13.6 Å². The van der Waals surface area contributed by atoms with Gasteiger partial charge in [-0.2, -0.15) is 5.06 Å². The van der Waals surface area contributed by atoms with Crippen LogP contribution in [0.4, 0.5) is 5.69 Å². The molecule has 0 bridgehead atoms. The van der Waals surface area contributed by atoms with Crippen molar-refractivity contribution in [1.29, 1.82) is 0 Å². The molecule has 7 heteroatoms. The van der Waals surface area contributed by atoms with E-state index in [1.54, 1.807) is 42.5 Å². The normalized spacial score (nSPS) is 17.5. The molecule has 0 aromatic heterocycles. The quantitative estimate of drug-likeness (QED) is 0.903. The van der Waals surface area contributed by atoms with Crippen molar-refractivity contribution in [2.24, 2.45) is 5.14 Å². The van der Waals surface area contributed by atoms with Crippen molar-refractivity contribution in [3.05, 3.63) is 66.4 Å². The molecule has 3 rings (SSSR count). The zero-order chi connectivity index (χ0) is 15.7. The SMILES string of the molecule is NS(=O)(=O)c1ccccc1C1C=CON1c1ccccc1O. The number of aromatic hydroxyl groups is 1. The number of hydrogen-bond acceptors (Lipinski definition) is 5. The zero-order valence-electron chi connectivity index (χ0n) is 11.5. The van der Waals surface area contributed by atoms with Crippen LogP contribution in [0.2, 0.25) is 0 Å². The average Bonchev–Trinajstić information content (AvgIpc) is 2.96. The first kappa shape index (κ1) is 14.4. The summed E-state index contributed by atoms with van der Waals surface area (Å²) < 4.78 is 23.5. The van der Waals surface area contributed by atoms with Gasteiger partial charge in [0.2, 0.25) is 10.0 Å². The van der Waals surface area contributed by atoms with Gasteiger partial charge in [0.25, 0.3) is 0 Å². The Morgan fingerprint density at radius 1 is 1.09 bits per heavy atom. The molecule has 0 amide bonds. The Morgan fingerprint density at radius 3 is 2.50 bits per heavy atom. The second-order valence-corrected chi connectivity index (χ2v) is 6.31. The van der Waals surface area contributed by atoms with Crippen LogP contribution < -0.4 is 10.2 Å². The van der Waals surface area contributed by atoms with Crippen molar-refractivity contribution in [1.82, 2.24) is 0 Å². The smallest absolute Gasteiger partial charge is 0.238 e. The largest absolute Gasteiger partial charge is 0.506 e. The highest BCUT2D eigenvalue weighted by molar-refractivity contribution is 7.89. The molecule has 1 atom stereocenters. The molecule has 0 spiro atoms. The Morgan fingerprint density at radius 2 is 1.77 bits per heavy atom. The van der Waals surface area contributed by atoms with E-state index in [1.165, 1.54) is 23.5 Å². The van der Waals surface area contributed by atoms with Gasteiger partial charge in [-0.1, -0.05) is 30.3 Å². The first-order valence-corrected chi connectivity index (χ1v) is 8.05. The van der Waals surface area contributed by atoms with Gasteiger partial charge in [-0.05, 0) is 24.3 Å². The van der Waals surface area contributed by atoms with Gasteiger partial charge in [0.1, 0.15) is 23.7 Å². The second-order valence-electron chi connectivity index (χ2n) is 4.78.